The summed E-state index contributed by atoms with van der Waals surface area (Å²) in [6, 6.07) is 8.09. The molecule has 0 N–H and O–H groups in total. The predicted octanol–water partition coefficient (Wildman–Crippen LogP) is 2.37. The lowest BCUT2D eigenvalue weighted by Gasteiger charge is -2.20. The first-order chi connectivity index (χ1) is 11.4. The Hall–Kier alpha value is -2.29. The second-order valence-corrected chi connectivity index (χ2v) is 6.35. The Morgan fingerprint density at radius 2 is 2.00 bits per heavy atom. The van der Waals surface area contributed by atoms with E-state index in [4.69, 9.17) is 14.2 Å². The molecule has 0 amide bonds. The molecule has 126 valence electrons. The molecular weight excluding hydrogens is 314 g/mol. The first-order valence-electron chi connectivity index (χ1n) is 7.71. The van der Waals surface area contributed by atoms with Gasteiger partial charge in [-0.3, -0.25) is 10.1 Å². The number of ether oxygens (including phenoxy) is 3. The van der Waals surface area contributed by atoms with E-state index in [0.29, 0.717) is 6.61 Å². The third kappa shape index (κ3) is 2.58. The lowest BCUT2D eigenvalue weighted by molar-refractivity contribution is -0.384. The zero-order chi connectivity index (χ0) is 16.9. The molecule has 4 rings (SSSR count). The van der Waals surface area contributed by atoms with Gasteiger partial charge in [-0.15, -0.1) is 0 Å². The number of benzene rings is 1. The fraction of sp³-hybridized carbons (Fsp3) is 0.438. The summed E-state index contributed by atoms with van der Waals surface area (Å²) >= 11 is 0. The molecule has 2 saturated heterocycles. The topological polar surface area (TPSA) is 88.7 Å². The normalized spacial score (nSPS) is 28.0. The van der Waals surface area contributed by atoms with Gasteiger partial charge in [0.05, 0.1) is 22.9 Å². The lowest BCUT2D eigenvalue weighted by atomic mass is 10.1. The molecule has 24 heavy (non-hydrogen) atoms. The quantitative estimate of drug-likeness (QED) is 0.634. The van der Waals surface area contributed by atoms with E-state index in [9.17, 15) is 10.1 Å². The van der Waals surface area contributed by atoms with Crippen LogP contribution < -0.4 is 0 Å². The van der Waals surface area contributed by atoms with Crippen molar-refractivity contribution in [1.82, 2.24) is 9.78 Å². The molecular formula is C16H17N3O5. The molecule has 0 bridgehead atoms. The fourth-order valence-corrected chi connectivity index (χ4v) is 3.16. The Morgan fingerprint density at radius 3 is 2.71 bits per heavy atom. The van der Waals surface area contributed by atoms with Gasteiger partial charge >= 0.3 is 0 Å². The van der Waals surface area contributed by atoms with E-state index < -0.39 is 10.7 Å². The molecule has 2 fully saturated rings. The number of non-ortho nitro benzene ring substituents is 1. The average molecular weight is 331 g/mol. The SMILES string of the molecule is CC1(C)O[C@H]2[C@H](CO[C@H]2c2ccn(-c3ccc([N+](=O)[O-])cc3)n2)O1. The second kappa shape index (κ2) is 5.37. The minimum atomic E-state index is -0.613. The number of aromatic nitrogens is 2. The van der Waals surface area contributed by atoms with Crippen LogP contribution in [0, 0.1) is 10.1 Å². The standard InChI is InChI=1S/C16H17N3O5/c1-16(2)23-13-9-22-14(15(13)24-16)12-7-8-18(17-12)10-3-5-11(6-4-10)19(20)21/h3-8,13-15H,9H2,1-2H3/t13-,14-,15-/m0/s1. The number of nitro groups is 1. The smallest absolute Gasteiger partial charge is 0.269 e. The van der Waals surface area contributed by atoms with E-state index in [1.807, 2.05) is 19.9 Å². The van der Waals surface area contributed by atoms with Crippen molar-refractivity contribution in [2.24, 2.45) is 0 Å². The van der Waals surface area contributed by atoms with Crippen LogP contribution in [0.25, 0.3) is 5.69 Å². The minimum absolute atomic E-state index is 0.0480. The van der Waals surface area contributed by atoms with Crippen LogP contribution in [0.15, 0.2) is 36.5 Å². The van der Waals surface area contributed by atoms with Crippen LogP contribution in [0.1, 0.15) is 25.6 Å². The molecule has 3 atom stereocenters. The second-order valence-electron chi connectivity index (χ2n) is 6.35. The number of hydrogen-bond donors (Lipinski definition) is 0. The average Bonchev–Trinajstić information content (AvgIpc) is 3.21. The van der Waals surface area contributed by atoms with Gasteiger partial charge in [-0.1, -0.05) is 0 Å². The van der Waals surface area contributed by atoms with Gasteiger partial charge in [0.2, 0.25) is 0 Å². The van der Waals surface area contributed by atoms with Gasteiger partial charge in [-0.25, -0.2) is 4.68 Å². The minimum Gasteiger partial charge on any atom is -0.366 e. The molecule has 0 spiro atoms. The maximum Gasteiger partial charge on any atom is 0.269 e. The van der Waals surface area contributed by atoms with Gasteiger partial charge < -0.3 is 14.2 Å². The highest BCUT2D eigenvalue weighted by Gasteiger charge is 2.51. The van der Waals surface area contributed by atoms with E-state index in [2.05, 4.69) is 5.10 Å². The van der Waals surface area contributed by atoms with Crippen LogP contribution in [0.4, 0.5) is 5.69 Å². The van der Waals surface area contributed by atoms with Gasteiger partial charge in [-0.05, 0) is 32.0 Å². The van der Waals surface area contributed by atoms with Crippen molar-refractivity contribution >= 4 is 5.69 Å². The molecule has 8 nitrogen and oxygen atoms in total. The number of hydrogen-bond acceptors (Lipinski definition) is 6. The molecule has 0 aliphatic carbocycles. The fourth-order valence-electron chi connectivity index (χ4n) is 3.16. The number of nitro benzene ring substituents is 1. The van der Waals surface area contributed by atoms with E-state index >= 15 is 0 Å². The molecule has 8 heteroatoms. The lowest BCUT2D eigenvalue weighted by Crippen LogP contribution is -2.25. The van der Waals surface area contributed by atoms with Crippen LogP contribution in [-0.2, 0) is 14.2 Å². The van der Waals surface area contributed by atoms with Crippen molar-refractivity contribution in [2.45, 2.75) is 37.9 Å². The summed E-state index contributed by atoms with van der Waals surface area (Å²) in [7, 11) is 0. The summed E-state index contributed by atoms with van der Waals surface area (Å²) in [4.78, 5) is 10.3. The van der Waals surface area contributed by atoms with Crippen LogP contribution in [0.5, 0.6) is 0 Å². The van der Waals surface area contributed by atoms with Crippen molar-refractivity contribution in [3.05, 3.63) is 52.3 Å². The Bertz CT molecular complexity index is 770. The molecule has 2 aromatic rings. The van der Waals surface area contributed by atoms with Crippen molar-refractivity contribution in [1.29, 1.82) is 0 Å². The summed E-state index contributed by atoms with van der Waals surface area (Å²) in [5.41, 5.74) is 1.54. The third-order valence-electron chi connectivity index (χ3n) is 4.19. The van der Waals surface area contributed by atoms with Crippen LogP contribution in [0.2, 0.25) is 0 Å². The van der Waals surface area contributed by atoms with E-state index in [-0.39, 0.29) is 24.0 Å². The number of fused-ring (bicyclic) bond motifs is 1. The Labute approximate surface area is 138 Å². The Morgan fingerprint density at radius 1 is 1.25 bits per heavy atom. The van der Waals surface area contributed by atoms with Gasteiger partial charge in [0.1, 0.15) is 18.3 Å². The van der Waals surface area contributed by atoms with Crippen LogP contribution in [0.3, 0.4) is 0 Å². The monoisotopic (exact) mass is 331 g/mol. The molecule has 0 radical (unpaired) electrons. The molecule has 0 unspecified atom stereocenters. The van der Waals surface area contributed by atoms with E-state index in [1.54, 1.807) is 23.0 Å². The highest BCUT2D eigenvalue weighted by atomic mass is 16.8. The van der Waals surface area contributed by atoms with Gasteiger partial charge in [0.25, 0.3) is 5.69 Å². The third-order valence-corrected chi connectivity index (χ3v) is 4.19. The van der Waals surface area contributed by atoms with Gasteiger partial charge in [0.15, 0.2) is 5.79 Å². The molecule has 1 aromatic carbocycles. The zero-order valence-electron chi connectivity index (χ0n) is 13.3. The summed E-state index contributed by atoms with van der Waals surface area (Å²) in [6.45, 7) is 4.25. The Balaban J connectivity index is 1.56. The maximum atomic E-state index is 10.7. The number of rotatable bonds is 3. The van der Waals surface area contributed by atoms with Crippen molar-refractivity contribution < 1.29 is 19.1 Å². The number of nitrogens with zero attached hydrogens (tertiary/aromatic N) is 3. The van der Waals surface area contributed by atoms with Crippen molar-refractivity contribution in [2.75, 3.05) is 6.61 Å². The molecule has 3 heterocycles. The summed E-state index contributed by atoms with van der Waals surface area (Å²) in [5.74, 6) is -0.613. The van der Waals surface area contributed by atoms with E-state index in [1.165, 1.54) is 12.1 Å². The summed E-state index contributed by atoms with van der Waals surface area (Å²) < 4.78 is 19.2. The highest BCUT2D eigenvalue weighted by molar-refractivity contribution is 5.40. The first kappa shape index (κ1) is 15.3. The zero-order valence-corrected chi connectivity index (χ0v) is 13.3. The maximum absolute atomic E-state index is 10.7. The van der Waals surface area contributed by atoms with Crippen LogP contribution >= 0.6 is 0 Å². The van der Waals surface area contributed by atoms with Gasteiger partial charge in [-0.2, -0.15) is 5.10 Å². The highest BCUT2D eigenvalue weighted by Crippen LogP contribution is 2.41. The van der Waals surface area contributed by atoms with Crippen molar-refractivity contribution in [3.63, 3.8) is 0 Å². The first-order valence-corrected chi connectivity index (χ1v) is 7.71. The van der Waals surface area contributed by atoms with Crippen LogP contribution in [-0.4, -0.2) is 39.3 Å². The van der Waals surface area contributed by atoms with Crippen molar-refractivity contribution in [3.8, 4) is 5.69 Å². The largest absolute Gasteiger partial charge is 0.366 e. The molecule has 2 aliphatic heterocycles. The molecule has 1 aromatic heterocycles. The summed E-state index contributed by atoms with van der Waals surface area (Å²) in [6.07, 6.45) is 1.25. The van der Waals surface area contributed by atoms with E-state index in [0.717, 1.165) is 11.4 Å². The molecule has 0 saturated carbocycles. The predicted molar refractivity (Wildman–Crippen MR) is 82.7 cm³/mol. The summed E-state index contributed by atoms with van der Waals surface area (Å²) in [5, 5.41) is 15.3. The molecule has 2 aliphatic rings. The Kier molecular flexibility index (Phi) is 3.41. The van der Waals surface area contributed by atoms with Gasteiger partial charge in [0, 0.05) is 18.3 Å².